The number of nitrogens with one attached hydrogen (secondary N) is 1. The van der Waals surface area contributed by atoms with E-state index in [-0.39, 0.29) is 12.6 Å². The zero-order valence-electron chi connectivity index (χ0n) is 11.9. The van der Waals surface area contributed by atoms with Gasteiger partial charge in [-0.3, -0.25) is 0 Å². The van der Waals surface area contributed by atoms with Gasteiger partial charge in [-0.2, -0.15) is 0 Å². The Balaban J connectivity index is 2.00. The van der Waals surface area contributed by atoms with E-state index in [1.165, 1.54) is 5.56 Å². The SMILES string of the molecule is CC1CC(N[C@H](CCO)c2ccccc2)CC(C)O1. The maximum atomic E-state index is 9.27. The van der Waals surface area contributed by atoms with Crippen LogP contribution < -0.4 is 5.32 Å². The van der Waals surface area contributed by atoms with Gasteiger partial charge in [-0.05, 0) is 38.7 Å². The molecular weight excluding hydrogens is 238 g/mol. The van der Waals surface area contributed by atoms with Crippen LogP contribution in [0.1, 0.15) is 44.7 Å². The van der Waals surface area contributed by atoms with Crippen molar-refractivity contribution in [3.8, 4) is 0 Å². The molecule has 3 nitrogen and oxygen atoms in total. The first-order valence-corrected chi connectivity index (χ1v) is 7.26. The quantitative estimate of drug-likeness (QED) is 0.858. The number of ether oxygens (including phenoxy) is 1. The van der Waals surface area contributed by atoms with Gasteiger partial charge < -0.3 is 15.2 Å². The molecule has 1 saturated heterocycles. The number of hydrogen-bond donors (Lipinski definition) is 2. The van der Waals surface area contributed by atoms with Crippen LogP contribution in [0.5, 0.6) is 0 Å². The molecule has 106 valence electrons. The van der Waals surface area contributed by atoms with Gasteiger partial charge in [0.15, 0.2) is 0 Å². The molecule has 1 aliphatic rings. The van der Waals surface area contributed by atoms with Crippen molar-refractivity contribution in [2.75, 3.05) is 6.61 Å². The zero-order chi connectivity index (χ0) is 13.7. The molecule has 1 aromatic rings. The van der Waals surface area contributed by atoms with E-state index in [0.717, 1.165) is 19.3 Å². The molecule has 0 spiro atoms. The third kappa shape index (κ3) is 4.30. The lowest BCUT2D eigenvalue weighted by Crippen LogP contribution is -2.43. The van der Waals surface area contributed by atoms with Crippen LogP contribution in [0, 0.1) is 0 Å². The fourth-order valence-corrected chi connectivity index (χ4v) is 2.99. The Morgan fingerprint density at radius 1 is 1.21 bits per heavy atom. The summed E-state index contributed by atoms with van der Waals surface area (Å²) >= 11 is 0. The molecule has 1 fully saturated rings. The average Bonchev–Trinajstić information content (AvgIpc) is 2.38. The van der Waals surface area contributed by atoms with Gasteiger partial charge in [0.1, 0.15) is 0 Å². The van der Waals surface area contributed by atoms with Crippen LogP contribution in [0.2, 0.25) is 0 Å². The van der Waals surface area contributed by atoms with Gasteiger partial charge in [0.25, 0.3) is 0 Å². The van der Waals surface area contributed by atoms with Crippen LogP contribution >= 0.6 is 0 Å². The molecule has 0 radical (unpaired) electrons. The molecule has 19 heavy (non-hydrogen) atoms. The summed E-state index contributed by atoms with van der Waals surface area (Å²) in [6.45, 7) is 4.47. The van der Waals surface area contributed by atoms with Crippen molar-refractivity contribution in [1.29, 1.82) is 0 Å². The molecule has 1 aliphatic heterocycles. The third-order valence-corrected chi connectivity index (χ3v) is 3.75. The number of aliphatic hydroxyl groups excluding tert-OH is 1. The van der Waals surface area contributed by atoms with Gasteiger partial charge in [-0.1, -0.05) is 30.3 Å². The maximum absolute atomic E-state index is 9.27. The standard InChI is InChI=1S/C16H25NO2/c1-12-10-15(11-13(2)19-12)17-16(8-9-18)14-6-4-3-5-7-14/h3-7,12-13,15-18H,8-11H2,1-2H3/t12?,13?,15?,16-/m1/s1. The minimum atomic E-state index is 0.209. The monoisotopic (exact) mass is 263 g/mol. The number of benzene rings is 1. The molecule has 3 heteroatoms. The predicted molar refractivity (Wildman–Crippen MR) is 77.1 cm³/mol. The van der Waals surface area contributed by atoms with Gasteiger partial charge in [-0.25, -0.2) is 0 Å². The smallest absolute Gasteiger partial charge is 0.0565 e. The Morgan fingerprint density at radius 2 is 1.84 bits per heavy atom. The summed E-state index contributed by atoms with van der Waals surface area (Å²) in [7, 11) is 0. The molecule has 2 unspecified atom stereocenters. The van der Waals surface area contributed by atoms with Gasteiger partial charge in [0.05, 0.1) is 12.2 Å². The first-order valence-electron chi connectivity index (χ1n) is 7.26. The maximum Gasteiger partial charge on any atom is 0.0565 e. The molecule has 2 N–H and O–H groups in total. The van der Waals surface area contributed by atoms with Gasteiger partial charge >= 0.3 is 0 Å². The van der Waals surface area contributed by atoms with Crippen molar-refractivity contribution in [2.24, 2.45) is 0 Å². The summed E-state index contributed by atoms with van der Waals surface area (Å²) in [5.41, 5.74) is 1.25. The van der Waals surface area contributed by atoms with Gasteiger partial charge in [-0.15, -0.1) is 0 Å². The largest absolute Gasteiger partial charge is 0.396 e. The van der Waals surface area contributed by atoms with Gasteiger partial charge in [0.2, 0.25) is 0 Å². The van der Waals surface area contributed by atoms with Crippen LogP contribution in [0.4, 0.5) is 0 Å². The second-order valence-corrected chi connectivity index (χ2v) is 5.57. The lowest BCUT2D eigenvalue weighted by Gasteiger charge is -2.35. The van der Waals surface area contributed by atoms with Crippen molar-refractivity contribution >= 4 is 0 Å². The summed E-state index contributed by atoms with van der Waals surface area (Å²) in [4.78, 5) is 0. The lowest BCUT2D eigenvalue weighted by atomic mass is 9.96. The summed E-state index contributed by atoms with van der Waals surface area (Å²) in [5, 5.41) is 13.0. The van der Waals surface area contributed by atoms with Crippen molar-refractivity contribution < 1.29 is 9.84 Å². The van der Waals surface area contributed by atoms with Crippen molar-refractivity contribution in [2.45, 2.75) is 57.4 Å². The molecule has 0 bridgehead atoms. The first-order chi connectivity index (χ1) is 9.19. The predicted octanol–water partition coefficient (Wildman–Crippen LogP) is 2.66. The molecule has 0 aliphatic carbocycles. The fraction of sp³-hybridized carbons (Fsp3) is 0.625. The van der Waals surface area contributed by atoms with E-state index >= 15 is 0 Å². The Hall–Kier alpha value is -0.900. The number of aliphatic hydroxyl groups is 1. The van der Waals surface area contributed by atoms with Crippen LogP contribution in [0.25, 0.3) is 0 Å². The molecular formula is C16H25NO2. The molecule has 0 saturated carbocycles. The molecule has 1 heterocycles. The summed E-state index contributed by atoms with van der Waals surface area (Å²) in [6, 6.07) is 11.1. The molecule has 0 amide bonds. The van der Waals surface area contributed by atoms with Gasteiger partial charge in [0, 0.05) is 18.7 Å². The minimum Gasteiger partial charge on any atom is -0.396 e. The van der Waals surface area contributed by atoms with Crippen LogP contribution in [0.15, 0.2) is 30.3 Å². The summed E-state index contributed by atoms with van der Waals surface area (Å²) in [5.74, 6) is 0. The van der Waals surface area contributed by atoms with Crippen LogP contribution in [-0.2, 0) is 4.74 Å². The van der Waals surface area contributed by atoms with E-state index in [0.29, 0.717) is 18.2 Å². The highest BCUT2D eigenvalue weighted by Gasteiger charge is 2.26. The molecule has 3 atom stereocenters. The lowest BCUT2D eigenvalue weighted by molar-refractivity contribution is -0.0439. The average molecular weight is 263 g/mol. The van der Waals surface area contributed by atoms with E-state index in [4.69, 9.17) is 4.74 Å². The Labute approximate surface area is 116 Å². The Morgan fingerprint density at radius 3 is 2.42 bits per heavy atom. The first kappa shape index (κ1) is 14.5. The van der Waals surface area contributed by atoms with Crippen LogP contribution in [-0.4, -0.2) is 30.0 Å². The molecule has 2 rings (SSSR count). The molecule has 0 aromatic heterocycles. The number of rotatable bonds is 5. The summed E-state index contributed by atoms with van der Waals surface area (Å²) in [6.07, 6.45) is 3.46. The van der Waals surface area contributed by atoms with Crippen molar-refractivity contribution in [1.82, 2.24) is 5.32 Å². The number of hydrogen-bond acceptors (Lipinski definition) is 3. The second-order valence-electron chi connectivity index (χ2n) is 5.57. The fourth-order valence-electron chi connectivity index (χ4n) is 2.99. The Bertz CT molecular complexity index is 358. The van der Waals surface area contributed by atoms with E-state index in [1.807, 2.05) is 6.07 Å². The van der Waals surface area contributed by atoms with E-state index in [9.17, 15) is 5.11 Å². The minimum absolute atomic E-state index is 0.209. The normalized spacial score (nSPS) is 29.1. The topological polar surface area (TPSA) is 41.5 Å². The Kier molecular flexibility index (Phi) is 5.37. The van der Waals surface area contributed by atoms with E-state index < -0.39 is 0 Å². The molecule has 1 aromatic carbocycles. The highest BCUT2D eigenvalue weighted by atomic mass is 16.5. The van der Waals surface area contributed by atoms with Crippen molar-refractivity contribution in [3.63, 3.8) is 0 Å². The zero-order valence-corrected chi connectivity index (χ0v) is 11.9. The highest BCUT2D eigenvalue weighted by molar-refractivity contribution is 5.19. The van der Waals surface area contributed by atoms with E-state index in [1.54, 1.807) is 0 Å². The van der Waals surface area contributed by atoms with E-state index in [2.05, 4.69) is 43.4 Å². The highest BCUT2D eigenvalue weighted by Crippen LogP contribution is 2.24. The second kappa shape index (κ2) is 7.04. The van der Waals surface area contributed by atoms with Crippen LogP contribution in [0.3, 0.4) is 0 Å². The third-order valence-electron chi connectivity index (χ3n) is 3.75. The van der Waals surface area contributed by atoms with Crippen molar-refractivity contribution in [3.05, 3.63) is 35.9 Å². The summed E-state index contributed by atoms with van der Waals surface area (Å²) < 4.78 is 5.77.